The first kappa shape index (κ1) is 8.23. The van der Waals surface area contributed by atoms with E-state index in [1.165, 1.54) is 0 Å². The number of ether oxygens (including phenoxy) is 1. The normalized spacial score (nSPS) is 34.7. The third kappa shape index (κ3) is 1.18. The van der Waals surface area contributed by atoms with Gasteiger partial charge in [0.25, 0.3) is 0 Å². The Balaban J connectivity index is 2.07. The number of rotatable bonds is 2. The molecule has 0 unspecified atom stereocenters. The molecule has 1 heterocycles. The Hall–Kier alpha value is -0.380. The van der Waals surface area contributed by atoms with Crippen LogP contribution in [-0.4, -0.2) is 18.3 Å². The highest BCUT2D eigenvalue weighted by atomic mass is 32.1. The summed E-state index contributed by atoms with van der Waals surface area (Å²) >= 11 is 1.61. The standard InChI is InChI=1S/C9H12O2S/c1-11-7-5-9(10,6-7)8-3-2-4-12-8/h2-4,7,10H,5-6H2,1H3. The SMILES string of the molecule is COC1CC(O)(c2cccs2)C1. The van der Waals surface area contributed by atoms with Crippen molar-refractivity contribution in [1.29, 1.82) is 0 Å². The molecule has 0 atom stereocenters. The molecule has 66 valence electrons. The zero-order chi connectivity index (χ0) is 8.60. The average Bonchev–Trinajstić information content (AvgIpc) is 2.50. The van der Waals surface area contributed by atoms with Crippen molar-refractivity contribution in [2.24, 2.45) is 0 Å². The first-order valence-corrected chi connectivity index (χ1v) is 4.92. The summed E-state index contributed by atoms with van der Waals surface area (Å²) in [6, 6.07) is 3.95. The molecular formula is C9H12O2S. The fraction of sp³-hybridized carbons (Fsp3) is 0.556. The van der Waals surface area contributed by atoms with Crippen LogP contribution in [0.1, 0.15) is 17.7 Å². The molecule has 1 saturated carbocycles. The smallest absolute Gasteiger partial charge is 0.104 e. The maximum Gasteiger partial charge on any atom is 0.104 e. The van der Waals surface area contributed by atoms with Crippen LogP contribution in [0.2, 0.25) is 0 Å². The molecule has 2 nitrogen and oxygen atoms in total. The maximum absolute atomic E-state index is 10.0. The summed E-state index contributed by atoms with van der Waals surface area (Å²) in [6.45, 7) is 0. The Morgan fingerprint density at radius 1 is 1.67 bits per heavy atom. The zero-order valence-corrected chi connectivity index (χ0v) is 7.80. The van der Waals surface area contributed by atoms with Crippen molar-refractivity contribution in [1.82, 2.24) is 0 Å². The van der Waals surface area contributed by atoms with E-state index in [0.717, 1.165) is 17.7 Å². The Kier molecular flexibility index (Phi) is 1.94. The molecule has 0 bridgehead atoms. The minimum atomic E-state index is -0.588. The van der Waals surface area contributed by atoms with Crippen LogP contribution >= 0.6 is 11.3 Å². The quantitative estimate of drug-likeness (QED) is 0.758. The average molecular weight is 184 g/mol. The monoisotopic (exact) mass is 184 g/mol. The van der Waals surface area contributed by atoms with Crippen molar-refractivity contribution in [3.05, 3.63) is 22.4 Å². The second kappa shape index (κ2) is 2.83. The van der Waals surface area contributed by atoms with Crippen molar-refractivity contribution in [3.63, 3.8) is 0 Å². The topological polar surface area (TPSA) is 29.5 Å². The third-order valence-electron chi connectivity index (χ3n) is 2.44. The Labute approximate surface area is 75.8 Å². The van der Waals surface area contributed by atoms with Crippen LogP contribution in [-0.2, 0) is 10.3 Å². The summed E-state index contributed by atoms with van der Waals surface area (Å²) in [5.74, 6) is 0. The van der Waals surface area contributed by atoms with Crippen molar-refractivity contribution in [3.8, 4) is 0 Å². The van der Waals surface area contributed by atoms with Crippen LogP contribution in [0.25, 0.3) is 0 Å². The lowest BCUT2D eigenvalue weighted by molar-refractivity contribution is -0.130. The van der Waals surface area contributed by atoms with E-state index in [1.807, 2.05) is 17.5 Å². The van der Waals surface area contributed by atoms with Gasteiger partial charge in [0, 0.05) is 24.8 Å². The van der Waals surface area contributed by atoms with Crippen molar-refractivity contribution in [2.75, 3.05) is 7.11 Å². The molecule has 1 N–H and O–H groups in total. The summed E-state index contributed by atoms with van der Waals surface area (Å²) in [6.07, 6.45) is 1.73. The summed E-state index contributed by atoms with van der Waals surface area (Å²) in [5.41, 5.74) is -0.588. The number of methoxy groups -OCH3 is 1. The molecule has 0 saturated heterocycles. The maximum atomic E-state index is 10.0. The first-order chi connectivity index (χ1) is 5.74. The Bertz CT molecular complexity index is 250. The van der Waals surface area contributed by atoms with Crippen molar-refractivity contribution < 1.29 is 9.84 Å². The molecule has 0 aliphatic heterocycles. The summed E-state index contributed by atoms with van der Waals surface area (Å²) in [5, 5.41) is 12.0. The lowest BCUT2D eigenvalue weighted by Gasteiger charge is -2.42. The first-order valence-electron chi connectivity index (χ1n) is 4.04. The predicted molar refractivity (Wildman–Crippen MR) is 48.2 cm³/mol. The molecule has 0 radical (unpaired) electrons. The molecule has 2 rings (SSSR count). The lowest BCUT2D eigenvalue weighted by Crippen LogP contribution is -2.44. The van der Waals surface area contributed by atoms with Crippen LogP contribution in [0.3, 0.4) is 0 Å². The van der Waals surface area contributed by atoms with Gasteiger partial charge in [-0.25, -0.2) is 0 Å². The molecular weight excluding hydrogens is 172 g/mol. The highest BCUT2D eigenvalue weighted by molar-refractivity contribution is 7.10. The fourth-order valence-corrected chi connectivity index (χ4v) is 2.45. The highest BCUT2D eigenvalue weighted by Crippen LogP contribution is 2.44. The van der Waals surface area contributed by atoms with Gasteiger partial charge in [-0.15, -0.1) is 11.3 Å². The van der Waals surface area contributed by atoms with Gasteiger partial charge in [0.05, 0.1) is 6.10 Å². The van der Waals surface area contributed by atoms with E-state index in [1.54, 1.807) is 18.4 Å². The molecule has 1 fully saturated rings. The van der Waals surface area contributed by atoms with E-state index in [4.69, 9.17) is 4.74 Å². The van der Waals surface area contributed by atoms with Gasteiger partial charge in [-0.2, -0.15) is 0 Å². The van der Waals surface area contributed by atoms with Gasteiger partial charge in [0.2, 0.25) is 0 Å². The third-order valence-corrected chi connectivity index (χ3v) is 3.51. The summed E-state index contributed by atoms with van der Waals surface area (Å²) in [7, 11) is 1.69. The van der Waals surface area contributed by atoms with E-state index in [0.29, 0.717) is 0 Å². The number of hydrogen-bond donors (Lipinski definition) is 1. The van der Waals surface area contributed by atoms with Gasteiger partial charge < -0.3 is 9.84 Å². The fourth-order valence-electron chi connectivity index (χ4n) is 1.60. The minimum absolute atomic E-state index is 0.247. The molecule has 12 heavy (non-hydrogen) atoms. The number of aliphatic hydroxyl groups is 1. The van der Waals surface area contributed by atoms with E-state index >= 15 is 0 Å². The molecule has 1 aromatic rings. The van der Waals surface area contributed by atoms with Gasteiger partial charge in [-0.3, -0.25) is 0 Å². The van der Waals surface area contributed by atoms with Gasteiger partial charge >= 0.3 is 0 Å². The Morgan fingerprint density at radius 2 is 2.42 bits per heavy atom. The molecule has 0 aromatic carbocycles. The van der Waals surface area contributed by atoms with Crippen LogP contribution in [0.15, 0.2) is 17.5 Å². The van der Waals surface area contributed by atoms with Crippen LogP contribution in [0.4, 0.5) is 0 Å². The predicted octanol–water partition coefficient (Wildman–Crippen LogP) is 1.74. The molecule has 3 heteroatoms. The van der Waals surface area contributed by atoms with Crippen molar-refractivity contribution in [2.45, 2.75) is 24.5 Å². The largest absolute Gasteiger partial charge is 0.384 e. The van der Waals surface area contributed by atoms with E-state index in [9.17, 15) is 5.11 Å². The van der Waals surface area contributed by atoms with Crippen LogP contribution < -0.4 is 0 Å². The molecule has 0 spiro atoms. The van der Waals surface area contributed by atoms with Crippen molar-refractivity contribution >= 4 is 11.3 Å². The van der Waals surface area contributed by atoms with Crippen LogP contribution in [0.5, 0.6) is 0 Å². The van der Waals surface area contributed by atoms with Gasteiger partial charge in [0.1, 0.15) is 5.60 Å². The molecule has 1 aromatic heterocycles. The van der Waals surface area contributed by atoms with E-state index in [2.05, 4.69) is 0 Å². The van der Waals surface area contributed by atoms with E-state index in [-0.39, 0.29) is 6.10 Å². The lowest BCUT2D eigenvalue weighted by atomic mass is 9.76. The summed E-state index contributed by atoms with van der Waals surface area (Å²) in [4.78, 5) is 1.07. The summed E-state index contributed by atoms with van der Waals surface area (Å²) < 4.78 is 5.12. The number of hydrogen-bond acceptors (Lipinski definition) is 3. The number of thiophene rings is 1. The molecule has 0 amide bonds. The highest BCUT2D eigenvalue weighted by Gasteiger charge is 2.44. The second-order valence-corrected chi connectivity index (χ2v) is 4.22. The Morgan fingerprint density at radius 3 is 2.92 bits per heavy atom. The molecule has 1 aliphatic rings. The second-order valence-electron chi connectivity index (χ2n) is 3.27. The minimum Gasteiger partial charge on any atom is -0.384 e. The van der Waals surface area contributed by atoms with E-state index < -0.39 is 5.60 Å². The van der Waals surface area contributed by atoms with Gasteiger partial charge in [0.15, 0.2) is 0 Å². The van der Waals surface area contributed by atoms with Gasteiger partial charge in [-0.05, 0) is 11.4 Å². The zero-order valence-electron chi connectivity index (χ0n) is 6.99. The molecule has 1 aliphatic carbocycles. The van der Waals surface area contributed by atoms with Gasteiger partial charge in [-0.1, -0.05) is 6.07 Å². The van der Waals surface area contributed by atoms with Crippen LogP contribution in [0, 0.1) is 0 Å².